The second kappa shape index (κ2) is 10.5. The van der Waals surface area contributed by atoms with Crippen molar-refractivity contribution in [1.82, 2.24) is 9.99 Å². The predicted molar refractivity (Wildman–Crippen MR) is 148 cm³/mol. The predicted octanol–water partition coefficient (Wildman–Crippen LogP) is 5.67. The normalized spacial score (nSPS) is 19.1. The second-order valence-electron chi connectivity index (χ2n) is 8.97. The number of nitrogens with zero attached hydrogens (tertiary/aromatic N) is 2. The Balaban J connectivity index is 1.67. The Hall–Kier alpha value is -3.49. The summed E-state index contributed by atoms with van der Waals surface area (Å²) in [7, 11) is 0. The first kappa shape index (κ1) is 25.2. The maximum Gasteiger partial charge on any atom is 0.303 e. The number of hydrazone groups is 1. The van der Waals surface area contributed by atoms with Crippen molar-refractivity contribution in [1.29, 1.82) is 0 Å². The summed E-state index contributed by atoms with van der Waals surface area (Å²) in [4.78, 5) is 40.9. The van der Waals surface area contributed by atoms with Crippen molar-refractivity contribution in [3.05, 3.63) is 93.3 Å². The lowest BCUT2D eigenvalue weighted by Crippen LogP contribution is -2.34. The number of aromatic amines is 1. The zero-order valence-corrected chi connectivity index (χ0v) is 22.0. The van der Waals surface area contributed by atoms with Crippen LogP contribution in [0, 0.1) is 0 Å². The van der Waals surface area contributed by atoms with Crippen molar-refractivity contribution in [3.63, 3.8) is 0 Å². The van der Waals surface area contributed by atoms with Crippen molar-refractivity contribution in [3.8, 4) is 11.1 Å². The molecule has 1 aromatic heterocycles. The van der Waals surface area contributed by atoms with Gasteiger partial charge < -0.3 is 10.1 Å². The van der Waals surface area contributed by atoms with Gasteiger partial charge in [0, 0.05) is 39.2 Å². The molecule has 0 saturated heterocycles. The fourth-order valence-corrected chi connectivity index (χ4v) is 5.29. The van der Waals surface area contributed by atoms with Gasteiger partial charge in [0.1, 0.15) is 0 Å². The van der Waals surface area contributed by atoms with Crippen LogP contribution in [0.15, 0.2) is 82.2 Å². The summed E-state index contributed by atoms with van der Waals surface area (Å²) in [6.07, 6.45) is 6.59. The first-order valence-electron chi connectivity index (χ1n) is 11.9. The second-order valence-corrected chi connectivity index (χ2v) is 10.6. The Morgan fingerprint density at radius 1 is 1.14 bits per heavy atom. The number of carbonyl (C=O) groups is 2. The number of halogens is 2. The Labute approximate surface area is 226 Å². The third-order valence-electron chi connectivity index (χ3n) is 6.51. The van der Waals surface area contributed by atoms with E-state index in [1.54, 1.807) is 12.1 Å². The number of aliphatic carboxylic acids is 1. The third-order valence-corrected chi connectivity index (χ3v) is 7.42. The number of amides is 1. The van der Waals surface area contributed by atoms with Crippen LogP contribution in [0.2, 0.25) is 5.02 Å². The van der Waals surface area contributed by atoms with E-state index in [1.807, 2.05) is 54.6 Å². The number of H-pyrrole nitrogens is 1. The van der Waals surface area contributed by atoms with Crippen molar-refractivity contribution in [2.75, 3.05) is 0 Å². The van der Waals surface area contributed by atoms with Gasteiger partial charge in [-0.2, -0.15) is 5.10 Å². The Kier molecular flexibility index (Phi) is 7.13. The van der Waals surface area contributed by atoms with Crippen LogP contribution in [-0.2, 0) is 9.59 Å². The molecule has 5 rings (SSSR count). The number of allylic oxidation sites excluding steroid dienone is 2. The number of carboxylic acids is 1. The van der Waals surface area contributed by atoms with Crippen LogP contribution in [-0.4, -0.2) is 43.6 Å². The molecule has 3 aromatic rings. The van der Waals surface area contributed by atoms with E-state index in [-0.39, 0.29) is 23.2 Å². The molecule has 2 N–H and O–H groups in total. The van der Waals surface area contributed by atoms with Crippen LogP contribution < -0.4 is 5.56 Å². The highest BCUT2D eigenvalue weighted by Crippen LogP contribution is 2.36. The molecule has 188 valence electrons. The Morgan fingerprint density at radius 3 is 2.62 bits per heavy atom. The molecule has 1 amide bonds. The standard InChI is InChI=1S/C28H23BrClN3O4/c29-18-8-6-16(7-9-18)23-15-22(32-33(23)24(34)12-13-25(35)36)27-26(17-4-2-1-3-5-17)20-14-19(30)10-11-21(20)31-28(27)37/h1-8,10-11,14,18,23H,9,12-13,15H2,(H,31,37)(H,35,36). The van der Waals surface area contributed by atoms with Gasteiger partial charge in [-0.25, -0.2) is 5.01 Å². The molecule has 0 spiro atoms. The minimum absolute atomic E-state index is 0.185. The molecule has 0 fully saturated rings. The number of nitrogens with one attached hydrogen (secondary N) is 1. The molecule has 2 aromatic carbocycles. The van der Waals surface area contributed by atoms with Gasteiger partial charge >= 0.3 is 5.97 Å². The molecule has 2 atom stereocenters. The van der Waals surface area contributed by atoms with E-state index in [0.717, 1.165) is 22.9 Å². The van der Waals surface area contributed by atoms with Crippen LogP contribution in [0.25, 0.3) is 22.0 Å². The molecule has 1 aliphatic heterocycles. The molecule has 2 heterocycles. The minimum atomic E-state index is -1.05. The molecular weight excluding hydrogens is 558 g/mol. The zero-order valence-electron chi connectivity index (χ0n) is 19.7. The number of fused-ring (bicyclic) bond motifs is 1. The molecule has 37 heavy (non-hydrogen) atoms. The lowest BCUT2D eigenvalue weighted by atomic mass is 9.90. The van der Waals surface area contributed by atoms with Crippen LogP contribution in [0.5, 0.6) is 0 Å². The molecule has 1 aliphatic carbocycles. The zero-order chi connectivity index (χ0) is 26.1. The van der Waals surface area contributed by atoms with E-state index in [9.17, 15) is 14.4 Å². The maximum atomic E-state index is 13.5. The summed E-state index contributed by atoms with van der Waals surface area (Å²) in [5.74, 6) is -1.46. The van der Waals surface area contributed by atoms with E-state index < -0.39 is 17.9 Å². The summed E-state index contributed by atoms with van der Waals surface area (Å²) >= 11 is 9.92. The number of hydrogen-bond donors (Lipinski definition) is 2. The first-order chi connectivity index (χ1) is 17.8. The lowest BCUT2D eigenvalue weighted by Gasteiger charge is -2.24. The van der Waals surface area contributed by atoms with Gasteiger partial charge in [-0.05, 0) is 35.8 Å². The number of benzene rings is 2. The highest BCUT2D eigenvalue weighted by molar-refractivity contribution is 9.09. The number of pyridine rings is 1. The molecule has 2 unspecified atom stereocenters. The van der Waals surface area contributed by atoms with Crippen LogP contribution in [0.1, 0.15) is 31.2 Å². The van der Waals surface area contributed by atoms with Crippen molar-refractivity contribution >= 4 is 56.0 Å². The fraction of sp³-hybridized carbons (Fsp3) is 0.214. The molecule has 0 saturated carbocycles. The van der Waals surface area contributed by atoms with Gasteiger partial charge in [-0.15, -0.1) is 0 Å². The average molecular weight is 581 g/mol. The molecule has 9 heteroatoms. The summed E-state index contributed by atoms with van der Waals surface area (Å²) in [6, 6.07) is 14.4. The van der Waals surface area contributed by atoms with E-state index >= 15 is 0 Å². The monoisotopic (exact) mass is 579 g/mol. The van der Waals surface area contributed by atoms with Crippen LogP contribution in [0.3, 0.4) is 0 Å². The number of carbonyl (C=O) groups excluding carboxylic acids is 1. The average Bonchev–Trinajstić information content (AvgIpc) is 3.32. The summed E-state index contributed by atoms with van der Waals surface area (Å²) < 4.78 is 0. The van der Waals surface area contributed by atoms with Crippen molar-refractivity contribution < 1.29 is 14.7 Å². The largest absolute Gasteiger partial charge is 0.481 e. The van der Waals surface area contributed by atoms with Gasteiger partial charge in [0.15, 0.2) is 0 Å². The summed E-state index contributed by atoms with van der Waals surface area (Å²) in [5.41, 5.74) is 3.57. The van der Waals surface area contributed by atoms with E-state index in [1.165, 1.54) is 5.01 Å². The number of rotatable bonds is 6. The molecule has 7 nitrogen and oxygen atoms in total. The molecular formula is C28H23BrClN3O4. The minimum Gasteiger partial charge on any atom is -0.481 e. The van der Waals surface area contributed by atoms with Crippen molar-refractivity contribution in [2.24, 2.45) is 5.10 Å². The van der Waals surface area contributed by atoms with Gasteiger partial charge in [-0.3, -0.25) is 14.4 Å². The lowest BCUT2D eigenvalue weighted by molar-refractivity contribution is -0.141. The molecule has 0 radical (unpaired) electrons. The number of carboxylic acid groups (broad SMARTS) is 1. The highest BCUT2D eigenvalue weighted by atomic mass is 79.9. The maximum absolute atomic E-state index is 13.5. The summed E-state index contributed by atoms with van der Waals surface area (Å²) in [6.45, 7) is 0. The Bertz CT molecular complexity index is 1540. The summed E-state index contributed by atoms with van der Waals surface area (Å²) in [5, 5.41) is 16.4. The molecule has 2 aliphatic rings. The quantitative estimate of drug-likeness (QED) is 0.367. The number of aromatic nitrogens is 1. The van der Waals surface area contributed by atoms with Crippen LogP contribution in [0.4, 0.5) is 0 Å². The van der Waals surface area contributed by atoms with Gasteiger partial charge in [0.05, 0.1) is 23.7 Å². The smallest absolute Gasteiger partial charge is 0.303 e. The van der Waals surface area contributed by atoms with E-state index in [0.29, 0.717) is 33.8 Å². The third kappa shape index (κ3) is 5.17. The number of alkyl halides is 1. The highest BCUT2D eigenvalue weighted by Gasteiger charge is 2.36. The fourth-order valence-electron chi connectivity index (χ4n) is 4.78. The Morgan fingerprint density at radius 2 is 1.92 bits per heavy atom. The first-order valence-corrected chi connectivity index (χ1v) is 13.2. The number of hydrogen-bond acceptors (Lipinski definition) is 4. The van der Waals surface area contributed by atoms with Gasteiger partial charge in [-0.1, -0.05) is 76.1 Å². The van der Waals surface area contributed by atoms with E-state index in [2.05, 4.69) is 26.0 Å². The van der Waals surface area contributed by atoms with Crippen LogP contribution >= 0.6 is 27.5 Å². The SMILES string of the molecule is O=C(O)CCC(=O)N1N=C(c2c(-c3ccccc3)c3cc(Cl)ccc3[nH]c2=O)CC1C1=CCC(Br)C=C1. The van der Waals surface area contributed by atoms with Gasteiger partial charge in [0.25, 0.3) is 5.56 Å². The molecule has 0 bridgehead atoms. The van der Waals surface area contributed by atoms with E-state index in [4.69, 9.17) is 16.7 Å². The van der Waals surface area contributed by atoms with Gasteiger partial charge in [0.2, 0.25) is 5.91 Å². The van der Waals surface area contributed by atoms with Crippen molar-refractivity contribution in [2.45, 2.75) is 36.6 Å². The topological polar surface area (TPSA) is 103 Å².